The Labute approximate surface area is 149 Å². The lowest BCUT2D eigenvalue weighted by molar-refractivity contribution is 0.0394. The first-order valence-corrected chi connectivity index (χ1v) is 8.41. The number of aliphatic hydroxyl groups is 1. The highest BCUT2D eigenvalue weighted by atomic mass is 16.5. The normalized spacial score (nSPS) is 20.8. The van der Waals surface area contributed by atoms with E-state index < -0.39 is 18.2 Å². The van der Waals surface area contributed by atoms with Gasteiger partial charge in [0, 0.05) is 38.3 Å². The van der Waals surface area contributed by atoms with Crippen molar-refractivity contribution in [2.24, 2.45) is 0 Å². The molecule has 0 aliphatic carbocycles. The van der Waals surface area contributed by atoms with Gasteiger partial charge in [0.2, 0.25) is 0 Å². The standard InChI is InChI=1S/C17H22N4O5/c1-26-11-8-14-12(18-9-11)2-3-16(23)21(14)7-6-20-5-4-13(15(22)10-20)19-17(24)25/h2-3,8-9,13,15,19,22H,4-7,10H2,1H3,(H,24,25)/t13-,15+/m0/s1. The Morgan fingerprint density at radius 3 is 2.92 bits per heavy atom. The maximum absolute atomic E-state index is 12.3. The van der Waals surface area contributed by atoms with E-state index in [2.05, 4.69) is 10.3 Å². The van der Waals surface area contributed by atoms with Crippen LogP contribution in [0.2, 0.25) is 0 Å². The van der Waals surface area contributed by atoms with Crippen LogP contribution in [0.1, 0.15) is 6.42 Å². The highest BCUT2D eigenvalue weighted by molar-refractivity contribution is 5.75. The molecule has 3 N–H and O–H groups in total. The highest BCUT2D eigenvalue weighted by Crippen LogP contribution is 2.17. The summed E-state index contributed by atoms with van der Waals surface area (Å²) in [6.07, 6.45) is 0.221. The highest BCUT2D eigenvalue weighted by Gasteiger charge is 2.28. The summed E-state index contributed by atoms with van der Waals surface area (Å²) < 4.78 is 6.83. The number of piperidine rings is 1. The summed E-state index contributed by atoms with van der Waals surface area (Å²) in [5.74, 6) is 0.577. The molecule has 3 heterocycles. The molecule has 0 aromatic carbocycles. The quantitative estimate of drug-likeness (QED) is 0.691. The fraction of sp³-hybridized carbons (Fsp3) is 0.471. The molecular formula is C17H22N4O5. The molecule has 3 rings (SSSR count). The summed E-state index contributed by atoms with van der Waals surface area (Å²) in [5.41, 5.74) is 1.27. The number of rotatable bonds is 5. The zero-order valence-electron chi connectivity index (χ0n) is 14.5. The minimum atomic E-state index is -1.13. The number of methoxy groups -OCH3 is 1. The zero-order chi connectivity index (χ0) is 18.7. The zero-order valence-corrected chi connectivity index (χ0v) is 14.5. The van der Waals surface area contributed by atoms with E-state index in [-0.39, 0.29) is 5.56 Å². The second kappa shape index (κ2) is 7.71. The van der Waals surface area contributed by atoms with Crippen LogP contribution in [0.25, 0.3) is 11.0 Å². The number of likely N-dealkylation sites (tertiary alicyclic amines) is 1. The third-order valence-electron chi connectivity index (χ3n) is 4.66. The number of carboxylic acid groups (broad SMARTS) is 1. The summed E-state index contributed by atoms with van der Waals surface area (Å²) in [4.78, 5) is 29.3. The van der Waals surface area contributed by atoms with E-state index in [1.807, 2.05) is 4.90 Å². The first-order valence-electron chi connectivity index (χ1n) is 8.41. The predicted octanol–water partition coefficient (Wildman–Crippen LogP) is 0.108. The maximum atomic E-state index is 12.3. The fourth-order valence-corrected chi connectivity index (χ4v) is 3.26. The van der Waals surface area contributed by atoms with Crippen molar-refractivity contribution < 1.29 is 19.7 Å². The Morgan fingerprint density at radius 1 is 1.42 bits per heavy atom. The number of β-amino-alcohol motifs (C(OH)–C–C–N with tert-alkyl or cyclic N) is 1. The van der Waals surface area contributed by atoms with E-state index >= 15 is 0 Å². The first kappa shape index (κ1) is 18.2. The maximum Gasteiger partial charge on any atom is 0.404 e. The molecule has 1 amide bonds. The molecule has 1 fully saturated rings. The van der Waals surface area contributed by atoms with Gasteiger partial charge in [-0.25, -0.2) is 4.79 Å². The van der Waals surface area contributed by atoms with Gasteiger partial charge in [0.25, 0.3) is 5.56 Å². The van der Waals surface area contributed by atoms with E-state index in [4.69, 9.17) is 9.84 Å². The fourth-order valence-electron chi connectivity index (χ4n) is 3.26. The molecule has 2 atom stereocenters. The lowest BCUT2D eigenvalue weighted by Crippen LogP contribution is -2.54. The molecule has 1 saturated heterocycles. The van der Waals surface area contributed by atoms with Gasteiger partial charge < -0.3 is 24.8 Å². The van der Waals surface area contributed by atoms with Crippen LogP contribution in [0.15, 0.2) is 29.2 Å². The van der Waals surface area contributed by atoms with Gasteiger partial charge in [-0.2, -0.15) is 0 Å². The number of aliphatic hydroxyl groups excluding tert-OH is 1. The van der Waals surface area contributed by atoms with E-state index in [1.54, 1.807) is 30.0 Å². The molecule has 9 heteroatoms. The second-order valence-electron chi connectivity index (χ2n) is 6.32. The molecule has 0 radical (unpaired) electrons. The van der Waals surface area contributed by atoms with Gasteiger partial charge >= 0.3 is 6.09 Å². The smallest absolute Gasteiger partial charge is 0.404 e. The van der Waals surface area contributed by atoms with Crippen LogP contribution in [0.3, 0.4) is 0 Å². The molecule has 26 heavy (non-hydrogen) atoms. The van der Waals surface area contributed by atoms with Crippen molar-refractivity contribution in [2.75, 3.05) is 26.7 Å². The molecule has 9 nitrogen and oxygen atoms in total. The van der Waals surface area contributed by atoms with Crippen LogP contribution in [0.5, 0.6) is 5.75 Å². The van der Waals surface area contributed by atoms with E-state index in [1.165, 1.54) is 6.07 Å². The Hall–Kier alpha value is -2.65. The summed E-state index contributed by atoms with van der Waals surface area (Å²) in [5, 5.41) is 21.2. The van der Waals surface area contributed by atoms with E-state index in [0.29, 0.717) is 49.4 Å². The molecule has 140 valence electrons. The van der Waals surface area contributed by atoms with Gasteiger partial charge in [-0.1, -0.05) is 0 Å². The van der Waals surface area contributed by atoms with Crippen LogP contribution in [0.4, 0.5) is 4.79 Å². The minimum absolute atomic E-state index is 0.129. The van der Waals surface area contributed by atoms with Gasteiger partial charge in [0.05, 0.1) is 36.5 Å². The van der Waals surface area contributed by atoms with Gasteiger partial charge in [0.1, 0.15) is 5.75 Å². The molecule has 2 aromatic rings. The monoisotopic (exact) mass is 362 g/mol. The lowest BCUT2D eigenvalue weighted by Gasteiger charge is -2.35. The van der Waals surface area contributed by atoms with Crippen molar-refractivity contribution in [3.05, 3.63) is 34.7 Å². The van der Waals surface area contributed by atoms with Crippen molar-refractivity contribution in [2.45, 2.75) is 25.1 Å². The first-order chi connectivity index (χ1) is 12.5. The topological polar surface area (TPSA) is 117 Å². The number of amides is 1. The molecule has 0 spiro atoms. The summed E-state index contributed by atoms with van der Waals surface area (Å²) >= 11 is 0. The number of nitrogens with one attached hydrogen (secondary N) is 1. The molecule has 0 bridgehead atoms. The van der Waals surface area contributed by atoms with Crippen molar-refractivity contribution >= 4 is 17.1 Å². The summed E-state index contributed by atoms with van der Waals surface area (Å²) in [6.45, 7) is 2.00. The van der Waals surface area contributed by atoms with Crippen LogP contribution < -0.4 is 15.6 Å². The SMILES string of the molecule is COc1cnc2ccc(=O)n(CCN3CC[C@H](NC(=O)O)[C@H](O)C3)c2c1. The number of nitrogens with zero attached hydrogens (tertiary/aromatic N) is 3. The Morgan fingerprint density at radius 2 is 2.23 bits per heavy atom. The van der Waals surface area contributed by atoms with Crippen molar-refractivity contribution in [1.82, 2.24) is 19.8 Å². The molecule has 1 aliphatic heterocycles. The van der Waals surface area contributed by atoms with Crippen LogP contribution in [-0.2, 0) is 6.54 Å². The van der Waals surface area contributed by atoms with Gasteiger partial charge in [0.15, 0.2) is 0 Å². The Kier molecular flexibility index (Phi) is 5.38. The average Bonchev–Trinajstić information content (AvgIpc) is 2.62. The van der Waals surface area contributed by atoms with Crippen molar-refractivity contribution in [1.29, 1.82) is 0 Å². The number of hydrogen-bond acceptors (Lipinski definition) is 6. The van der Waals surface area contributed by atoms with E-state index in [9.17, 15) is 14.7 Å². The lowest BCUT2D eigenvalue weighted by atomic mass is 10.0. The van der Waals surface area contributed by atoms with Crippen molar-refractivity contribution in [3.63, 3.8) is 0 Å². The number of hydrogen-bond donors (Lipinski definition) is 3. The molecule has 1 aliphatic rings. The minimum Gasteiger partial charge on any atom is -0.495 e. The Balaban J connectivity index is 1.71. The number of ether oxygens (including phenoxy) is 1. The number of fused-ring (bicyclic) bond motifs is 1. The van der Waals surface area contributed by atoms with Crippen LogP contribution >= 0.6 is 0 Å². The average molecular weight is 362 g/mol. The van der Waals surface area contributed by atoms with Gasteiger partial charge in [-0.15, -0.1) is 0 Å². The molecule has 0 unspecified atom stereocenters. The number of aromatic nitrogens is 2. The summed E-state index contributed by atoms with van der Waals surface area (Å²) in [7, 11) is 1.55. The summed E-state index contributed by atoms with van der Waals surface area (Å²) in [6, 6.07) is 4.49. The molecule has 2 aromatic heterocycles. The second-order valence-corrected chi connectivity index (χ2v) is 6.32. The van der Waals surface area contributed by atoms with Gasteiger partial charge in [-0.05, 0) is 12.5 Å². The molecule has 0 saturated carbocycles. The van der Waals surface area contributed by atoms with Crippen molar-refractivity contribution in [3.8, 4) is 5.75 Å². The third kappa shape index (κ3) is 3.94. The van der Waals surface area contributed by atoms with Crippen LogP contribution in [0, 0.1) is 0 Å². The van der Waals surface area contributed by atoms with E-state index in [0.717, 1.165) is 0 Å². The molecular weight excluding hydrogens is 340 g/mol. The predicted molar refractivity (Wildman–Crippen MR) is 94.6 cm³/mol. The Bertz CT molecular complexity index is 853. The number of pyridine rings is 2. The largest absolute Gasteiger partial charge is 0.495 e. The van der Waals surface area contributed by atoms with Gasteiger partial charge in [-0.3, -0.25) is 14.7 Å². The van der Waals surface area contributed by atoms with Crippen LogP contribution in [-0.4, -0.2) is 69.6 Å². The number of carbonyl (C=O) groups is 1. The third-order valence-corrected chi connectivity index (χ3v) is 4.66.